The molecule has 0 bridgehead atoms. The molecule has 0 spiro atoms. The van der Waals surface area contributed by atoms with E-state index >= 15 is 0 Å². The standard InChI is InChI=1S/C18H19N3O4/c1-13-6-7-14(12-16(13)21(24)25)18(23)20-10-8-19(9-11-20)15-4-2-3-5-17(15)22/h2-7,12,22H,8-11H2,1H3. The number of amides is 1. The Morgan fingerprint density at radius 2 is 1.80 bits per heavy atom. The van der Waals surface area contributed by atoms with E-state index in [4.69, 9.17) is 0 Å². The highest BCUT2D eigenvalue weighted by atomic mass is 16.6. The second kappa shape index (κ2) is 6.80. The Hall–Kier alpha value is -3.09. The predicted octanol–water partition coefficient (Wildman–Crippen LogP) is 2.57. The van der Waals surface area contributed by atoms with E-state index in [1.54, 1.807) is 36.1 Å². The number of carbonyl (C=O) groups excluding carboxylic acids is 1. The van der Waals surface area contributed by atoms with Crippen LogP contribution in [0.4, 0.5) is 11.4 Å². The SMILES string of the molecule is Cc1ccc(C(=O)N2CCN(c3ccccc3O)CC2)cc1[N+](=O)[O-]. The Morgan fingerprint density at radius 3 is 2.44 bits per heavy atom. The first kappa shape index (κ1) is 16.8. The Bertz CT molecular complexity index is 814. The summed E-state index contributed by atoms with van der Waals surface area (Å²) >= 11 is 0. The average Bonchev–Trinajstić information content (AvgIpc) is 2.62. The van der Waals surface area contributed by atoms with Crippen molar-refractivity contribution >= 4 is 17.3 Å². The topological polar surface area (TPSA) is 86.9 Å². The molecule has 130 valence electrons. The number of benzene rings is 2. The molecule has 3 rings (SSSR count). The summed E-state index contributed by atoms with van der Waals surface area (Å²) in [5.41, 5.74) is 1.57. The van der Waals surface area contributed by atoms with Crippen LogP contribution in [0.3, 0.4) is 0 Å². The number of anilines is 1. The molecule has 1 amide bonds. The lowest BCUT2D eigenvalue weighted by molar-refractivity contribution is -0.385. The van der Waals surface area contributed by atoms with E-state index in [2.05, 4.69) is 0 Å². The number of aryl methyl sites for hydroxylation is 1. The fraction of sp³-hybridized carbons (Fsp3) is 0.278. The lowest BCUT2D eigenvalue weighted by atomic mass is 10.1. The van der Waals surface area contributed by atoms with Crippen molar-refractivity contribution in [1.29, 1.82) is 0 Å². The van der Waals surface area contributed by atoms with Crippen molar-refractivity contribution in [2.75, 3.05) is 31.1 Å². The van der Waals surface area contributed by atoms with Gasteiger partial charge < -0.3 is 14.9 Å². The minimum absolute atomic E-state index is 0.0429. The fourth-order valence-corrected chi connectivity index (χ4v) is 3.00. The summed E-state index contributed by atoms with van der Waals surface area (Å²) in [7, 11) is 0. The number of piperazine rings is 1. The third-order valence-electron chi connectivity index (χ3n) is 4.44. The molecule has 1 fully saturated rings. The summed E-state index contributed by atoms with van der Waals surface area (Å²) in [4.78, 5) is 26.9. The van der Waals surface area contributed by atoms with Gasteiger partial charge in [0.25, 0.3) is 11.6 Å². The lowest BCUT2D eigenvalue weighted by Crippen LogP contribution is -2.48. The zero-order valence-corrected chi connectivity index (χ0v) is 13.9. The number of aromatic hydroxyl groups is 1. The second-order valence-electron chi connectivity index (χ2n) is 6.03. The Labute approximate surface area is 145 Å². The quantitative estimate of drug-likeness (QED) is 0.685. The van der Waals surface area contributed by atoms with Crippen molar-refractivity contribution in [3.05, 3.63) is 63.7 Å². The van der Waals surface area contributed by atoms with Crippen LogP contribution >= 0.6 is 0 Å². The highest BCUT2D eigenvalue weighted by molar-refractivity contribution is 5.95. The van der Waals surface area contributed by atoms with Crippen molar-refractivity contribution in [3.8, 4) is 5.75 Å². The molecule has 0 unspecified atom stereocenters. The zero-order valence-electron chi connectivity index (χ0n) is 13.9. The van der Waals surface area contributed by atoms with E-state index in [0.717, 1.165) is 5.69 Å². The lowest BCUT2D eigenvalue weighted by Gasteiger charge is -2.36. The van der Waals surface area contributed by atoms with Gasteiger partial charge in [0.15, 0.2) is 0 Å². The van der Waals surface area contributed by atoms with Gasteiger partial charge in [0, 0.05) is 43.4 Å². The summed E-state index contributed by atoms with van der Waals surface area (Å²) in [6, 6.07) is 11.7. The molecule has 7 nitrogen and oxygen atoms in total. The number of phenols is 1. The summed E-state index contributed by atoms with van der Waals surface area (Å²) in [5.74, 6) is 0.0106. The summed E-state index contributed by atoms with van der Waals surface area (Å²) < 4.78 is 0. The number of para-hydroxylation sites is 2. The van der Waals surface area contributed by atoms with Crippen molar-refractivity contribution < 1.29 is 14.8 Å². The number of phenolic OH excluding ortho intramolecular Hbond substituents is 1. The molecule has 2 aromatic carbocycles. The van der Waals surface area contributed by atoms with Gasteiger partial charge in [0.1, 0.15) is 5.75 Å². The highest BCUT2D eigenvalue weighted by Gasteiger charge is 2.24. The molecule has 1 saturated heterocycles. The van der Waals surface area contributed by atoms with Crippen molar-refractivity contribution in [3.63, 3.8) is 0 Å². The summed E-state index contributed by atoms with van der Waals surface area (Å²) in [6.45, 7) is 3.83. The van der Waals surface area contributed by atoms with Gasteiger partial charge in [-0.05, 0) is 25.1 Å². The minimum atomic E-state index is -0.470. The first-order valence-electron chi connectivity index (χ1n) is 8.04. The number of carbonyl (C=O) groups is 1. The molecule has 0 radical (unpaired) electrons. The Balaban J connectivity index is 1.71. The van der Waals surface area contributed by atoms with Gasteiger partial charge in [-0.15, -0.1) is 0 Å². The molecule has 0 saturated carbocycles. The first-order chi connectivity index (χ1) is 12.0. The predicted molar refractivity (Wildman–Crippen MR) is 94.1 cm³/mol. The first-order valence-corrected chi connectivity index (χ1v) is 8.04. The van der Waals surface area contributed by atoms with Crippen LogP contribution < -0.4 is 4.90 Å². The van der Waals surface area contributed by atoms with E-state index < -0.39 is 4.92 Å². The van der Waals surface area contributed by atoms with Crippen LogP contribution in [0.1, 0.15) is 15.9 Å². The molecule has 1 aliphatic rings. The largest absolute Gasteiger partial charge is 0.506 e. The smallest absolute Gasteiger partial charge is 0.273 e. The van der Waals surface area contributed by atoms with Crippen LogP contribution in [-0.4, -0.2) is 47.0 Å². The normalized spacial score (nSPS) is 14.4. The van der Waals surface area contributed by atoms with Crippen molar-refractivity contribution in [2.45, 2.75) is 6.92 Å². The number of nitrogens with zero attached hydrogens (tertiary/aromatic N) is 3. The van der Waals surface area contributed by atoms with Crippen LogP contribution in [-0.2, 0) is 0 Å². The van der Waals surface area contributed by atoms with Gasteiger partial charge in [-0.25, -0.2) is 0 Å². The Kier molecular flexibility index (Phi) is 4.56. The average molecular weight is 341 g/mol. The van der Waals surface area contributed by atoms with Gasteiger partial charge in [0.05, 0.1) is 10.6 Å². The second-order valence-corrected chi connectivity index (χ2v) is 6.03. The number of nitro groups is 1. The van der Waals surface area contributed by atoms with Crippen LogP contribution in [0.15, 0.2) is 42.5 Å². The van der Waals surface area contributed by atoms with Gasteiger partial charge in [-0.1, -0.05) is 18.2 Å². The molecule has 2 aromatic rings. The van der Waals surface area contributed by atoms with Crippen LogP contribution in [0, 0.1) is 17.0 Å². The van der Waals surface area contributed by atoms with E-state index in [1.807, 2.05) is 17.0 Å². The molecule has 0 aromatic heterocycles. The maximum Gasteiger partial charge on any atom is 0.273 e. The van der Waals surface area contributed by atoms with E-state index in [-0.39, 0.29) is 17.3 Å². The van der Waals surface area contributed by atoms with Gasteiger partial charge in [-0.3, -0.25) is 14.9 Å². The maximum atomic E-state index is 12.6. The third-order valence-corrected chi connectivity index (χ3v) is 4.44. The highest BCUT2D eigenvalue weighted by Crippen LogP contribution is 2.27. The molecular weight excluding hydrogens is 322 g/mol. The molecule has 7 heteroatoms. The van der Waals surface area contributed by atoms with Gasteiger partial charge in [-0.2, -0.15) is 0 Å². The molecule has 1 heterocycles. The number of hydrogen-bond donors (Lipinski definition) is 1. The Morgan fingerprint density at radius 1 is 1.12 bits per heavy atom. The third kappa shape index (κ3) is 3.40. The fourth-order valence-electron chi connectivity index (χ4n) is 3.00. The maximum absolute atomic E-state index is 12.6. The van der Waals surface area contributed by atoms with Gasteiger partial charge in [0.2, 0.25) is 0 Å². The molecule has 1 N–H and O–H groups in total. The van der Waals surface area contributed by atoms with Crippen LogP contribution in [0.25, 0.3) is 0 Å². The summed E-state index contributed by atoms with van der Waals surface area (Å²) in [5, 5.41) is 21.0. The zero-order chi connectivity index (χ0) is 18.0. The number of rotatable bonds is 3. The van der Waals surface area contributed by atoms with E-state index in [1.165, 1.54) is 6.07 Å². The molecule has 0 aliphatic carbocycles. The molecule has 0 atom stereocenters. The number of nitro benzene ring substituents is 1. The minimum Gasteiger partial charge on any atom is -0.506 e. The monoisotopic (exact) mass is 341 g/mol. The van der Waals surface area contributed by atoms with Gasteiger partial charge >= 0.3 is 0 Å². The van der Waals surface area contributed by atoms with E-state index in [0.29, 0.717) is 37.3 Å². The molecular formula is C18H19N3O4. The molecule has 1 aliphatic heterocycles. The molecule has 25 heavy (non-hydrogen) atoms. The van der Waals surface area contributed by atoms with Crippen LogP contribution in [0.5, 0.6) is 5.75 Å². The summed E-state index contributed by atoms with van der Waals surface area (Å²) in [6.07, 6.45) is 0. The van der Waals surface area contributed by atoms with Crippen molar-refractivity contribution in [2.24, 2.45) is 0 Å². The van der Waals surface area contributed by atoms with Crippen molar-refractivity contribution in [1.82, 2.24) is 4.90 Å². The van der Waals surface area contributed by atoms with Crippen LogP contribution in [0.2, 0.25) is 0 Å². The van der Waals surface area contributed by atoms with E-state index in [9.17, 15) is 20.0 Å². The number of hydrogen-bond acceptors (Lipinski definition) is 5.